The highest BCUT2D eigenvalue weighted by molar-refractivity contribution is 5.95. The number of carboxylic acids is 1. The summed E-state index contributed by atoms with van der Waals surface area (Å²) in [5, 5.41) is 12.5. The van der Waals surface area contributed by atoms with E-state index in [1.54, 1.807) is 24.3 Å². The summed E-state index contributed by atoms with van der Waals surface area (Å²) in [6.45, 7) is 6.68. The second kappa shape index (κ2) is 7.86. The van der Waals surface area contributed by atoms with Crippen molar-refractivity contribution < 1.29 is 9.90 Å². The second-order valence-corrected chi connectivity index (χ2v) is 6.22. The third-order valence-corrected chi connectivity index (χ3v) is 4.15. The van der Waals surface area contributed by atoms with Crippen molar-refractivity contribution >= 4 is 29.0 Å². The van der Waals surface area contributed by atoms with Gasteiger partial charge in [-0.3, -0.25) is 0 Å². The number of hydrogen-bond acceptors (Lipinski definition) is 5. The van der Waals surface area contributed by atoms with E-state index in [2.05, 4.69) is 46.2 Å². The maximum Gasteiger partial charge on any atom is 0.337 e. The van der Waals surface area contributed by atoms with Crippen molar-refractivity contribution in [1.82, 2.24) is 9.97 Å². The lowest BCUT2D eigenvalue weighted by molar-refractivity contribution is 0.0698. The Bertz CT molecular complexity index is 972. The zero-order valence-corrected chi connectivity index (χ0v) is 15.6. The van der Waals surface area contributed by atoms with E-state index in [0.29, 0.717) is 17.3 Å². The van der Waals surface area contributed by atoms with Crippen LogP contribution in [0.5, 0.6) is 0 Å². The molecule has 3 aromatic rings. The van der Waals surface area contributed by atoms with Crippen LogP contribution in [-0.2, 0) is 0 Å². The molecule has 0 unspecified atom stereocenters. The van der Waals surface area contributed by atoms with Crippen molar-refractivity contribution in [3.05, 3.63) is 71.5 Å². The maximum atomic E-state index is 11.4. The van der Waals surface area contributed by atoms with Gasteiger partial charge in [-0.2, -0.15) is 0 Å². The number of aryl methyl sites for hydroxylation is 2. The molecule has 0 fully saturated rings. The molecule has 1 aromatic heterocycles. The standard InChI is InChI=1S/C21H22N4O2/c1-4-25(16-9-7-8-14(2)12-16)20-13-19(22-15(3)23-20)24-18-11-6-5-10-17(18)21(26)27/h5-13H,4H2,1-3H3,(H,26,27)(H,22,23,24). The minimum Gasteiger partial charge on any atom is -0.478 e. The number of benzene rings is 2. The van der Waals surface area contributed by atoms with Crippen LogP contribution in [0.3, 0.4) is 0 Å². The number of hydrogen-bond donors (Lipinski definition) is 2. The molecule has 0 aliphatic heterocycles. The van der Waals surface area contributed by atoms with Gasteiger partial charge < -0.3 is 15.3 Å². The Morgan fingerprint density at radius 3 is 2.56 bits per heavy atom. The Balaban J connectivity index is 1.98. The molecule has 0 bridgehead atoms. The van der Waals surface area contributed by atoms with Crippen LogP contribution >= 0.6 is 0 Å². The second-order valence-electron chi connectivity index (χ2n) is 6.22. The minimum atomic E-state index is -0.987. The van der Waals surface area contributed by atoms with Crippen LogP contribution in [0.1, 0.15) is 28.7 Å². The molecule has 0 atom stereocenters. The number of rotatable bonds is 6. The summed E-state index contributed by atoms with van der Waals surface area (Å²) in [5.74, 6) is 0.927. The summed E-state index contributed by atoms with van der Waals surface area (Å²) >= 11 is 0. The number of carbonyl (C=O) groups is 1. The molecule has 2 N–H and O–H groups in total. The molecule has 6 nitrogen and oxygen atoms in total. The van der Waals surface area contributed by atoms with Gasteiger partial charge >= 0.3 is 5.97 Å². The van der Waals surface area contributed by atoms with E-state index in [4.69, 9.17) is 0 Å². The van der Waals surface area contributed by atoms with Gasteiger partial charge in [0.2, 0.25) is 0 Å². The topological polar surface area (TPSA) is 78.4 Å². The normalized spacial score (nSPS) is 10.5. The van der Waals surface area contributed by atoms with E-state index in [0.717, 1.165) is 18.1 Å². The summed E-state index contributed by atoms with van der Waals surface area (Å²) in [5.41, 5.74) is 2.91. The van der Waals surface area contributed by atoms with Crippen LogP contribution in [0, 0.1) is 13.8 Å². The number of aromatic carboxylic acids is 1. The first-order valence-electron chi connectivity index (χ1n) is 8.77. The number of nitrogens with one attached hydrogen (secondary N) is 1. The Kier molecular flexibility index (Phi) is 5.35. The number of carboxylic acid groups (broad SMARTS) is 1. The molecular formula is C21H22N4O2. The molecule has 0 aliphatic rings. The van der Waals surface area contributed by atoms with Gasteiger partial charge in [0.05, 0.1) is 11.3 Å². The molecule has 0 spiro atoms. The van der Waals surface area contributed by atoms with Crippen molar-refractivity contribution in [1.29, 1.82) is 0 Å². The summed E-state index contributed by atoms with van der Waals surface area (Å²) in [6.07, 6.45) is 0. The van der Waals surface area contributed by atoms with E-state index < -0.39 is 5.97 Å². The zero-order valence-electron chi connectivity index (χ0n) is 15.6. The number of nitrogens with zero attached hydrogens (tertiary/aromatic N) is 3. The molecule has 0 saturated carbocycles. The molecule has 0 amide bonds. The van der Waals surface area contributed by atoms with Crippen LogP contribution in [0.25, 0.3) is 0 Å². The average molecular weight is 362 g/mol. The van der Waals surface area contributed by atoms with Crippen molar-refractivity contribution in [2.75, 3.05) is 16.8 Å². The fraction of sp³-hybridized carbons (Fsp3) is 0.190. The first-order chi connectivity index (χ1) is 13.0. The highest BCUT2D eigenvalue weighted by Crippen LogP contribution is 2.27. The summed E-state index contributed by atoms with van der Waals surface area (Å²) in [7, 11) is 0. The molecule has 0 aliphatic carbocycles. The number of aromatic nitrogens is 2. The van der Waals surface area contributed by atoms with Crippen LogP contribution in [0.15, 0.2) is 54.6 Å². The fourth-order valence-electron chi connectivity index (χ4n) is 2.94. The molecule has 3 rings (SSSR count). The van der Waals surface area contributed by atoms with Crippen LogP contribution in [0.2, 0.25) is 0 Å². The van der Waals surface area contributed by atoms with Gasteiger partial charge in [0.1, 0.15) is 17.5 Å². The Morgan fingerprint density at radius 2 is 1.85 bits per heavy atom. The maximum absolute atomic E-state index is 11.4. The number of anilines is 4. The van der Waals surface area contributed by atoms with Crippen molar-refractivity contribution in [2.45, 2.75) is 20.8 Å². The molecule has 2 aromatic carbocycles. The third kappa shape index (κ3) is 4.23. The third-order valence-electron chi connectivity index (χ3n) is 4.15. The highest BCUT2D eigenvalue weighted by atomic mass is 16.4. The quantitative estimate of drug-likeness (QED) is 0.662. The van der Waals surface area contributed by atoms with Crippen LogP contribution < -0.4 is 10.2 Å². The van der Waals surface area contributed by atoms with Gasteiger partial charge in [0.15, 0.2) is 0 Å². The van der Waals surface area contributed by atoms with Crippen molar-refractivity contribution in [3.8, 4) is 0 Å². The first-order valence-corrected chi connectivity index (χ1v) is 8.77. The summed E-state index contributed by atoms with van der Waals surface area (Å²) in [6, 6.07) is 16.8. The SMILES string of the molecule is CCN(c1cccc(C)c1)c1cc(Nc2ccccc2C(=O)O)nc(C)n1. The Labute approximate surface area is 158 Å². The molecular weight excluding hydrogens is 340 g/mol. The van der Waals surface area contributed by atoms with E-state index in [1.165, 1.54) is 5.56 Å². The Hall–Kier alpha value is -3.41. The highest BCUT2D eigenvalue weighted by Gasteiger charge is 2.14. The Morgan fingerprint density at radius 1 is 1.07 bits per heavy atom. The van der Waals surface area contributed by atoms with Gasteiger partial charge in [-0.05, 0) is 50.6 Å². The van der Waals surface area contributed by atoms with Gasteiger partial charge in [-0.1, -0.05) is 24.3 Å². The minimum absolute atomic E-state index is 0.196. The molecule has 27 heavy (non-hydrogen) atoms. The fourth-order valence-corrected chi connectivity index (χ4v) is 2.94. The van der Waals surface area contributed by atoms with Gasteiger partial charge in [-0.15, -0.1) is 0 Å². The lowest BCUT2D eigenvalue weighted by Gasteiger charge is -2.23. The summed E-state index contributed by atoms with van der Waals surface area (Å²) < 4.78 is 0. The van der Waals surface area contributed by atoms with E-state index in [9.17, 15) is 9.90 Å². The van der Waals surface area contributed by atoms with Crippen LogP contribution in [0.4, 0.5) is 23.0 Å². The molecule has 6 heteroatoms. The van der Waals surface area contributed by atoms with Crippen molar-refractivity contribution in [3.63, 3.8) is 0 Å². The van der Waals surface area contributed by atoms with Gasteiger partial charge in [-0.25, -0.2) is 14.8 Å². The predicted octanol–water partition coefficient (Wildman–Crippen LogP) is 4.69. The first kappa shape index (κ1) is 18.4. The largest absolute Gasteiger partial charge is 0.478 e. The average Bonchev–Trinajstić information content (AvgIpc) is 2.62. The van der Waals surface area contributed by atoms with Gasteiger partial charge in [0, 0.05) is 18.3 Å². The smallest absolute Gasteiger partial charge is 0.337 e. The summed E-state index contributed by atoms with van der Waals surface area (Å²) in [4.78, 5) is 22.5. The van der Waals surface area contributed by atoms with Crippen molar-refractivity contribution in [2.24, 2.45) is 0 Å². The van der Waals surface area contributed by atoms with E-state index >= 15 is 0 Å². The predicted molar refractivity (Wildman–Crippen MR) is 107 cm³/mol. The van der Waals surface area contributed by atoms with E-state index in [-0.39, 0.29) is 5.56 Å². The molecule has 1 heterocycles. The lowest BCUT2D eigenvalue weighted by atomic mass is 10.2. The van der Waals surface area contributed by atoms with Crippen LogP contribution in [-0.4, -0.2) is 27.6 Å². The zero-order chi connectivity index (χ0) is 19.4. The molecule has 0 radical (unpaired) electrons. The number of para-hydroxylation sites is 1. The lowest BCUT2D eigenvalue weighted by Crippen LogP contribution is -2.18. The molecule has 0 saturated heterocycles. The monoisotopic (exact) mass is 362 g/mol. The molecule has 138 valence electrons. The van der Waals surface area contributed by atoms with E-state index in [1.807, 2.05) is 25.1 Å². The van der Waals surface area contributed by atoms with Gasteiger partial charge in [0.25, 0.3) is 0 Å².